The summed E-state index contributed by atoms with van der Waals surface area (Å²) < 4.78 is 7.74. The molecule has 0 saturated carbocycles. The predicted molar refractivity (Wildman–Crippen MR) is 85.3 cm³/mol. The Labute approximate surface area is 127 Å². The second-order valence-corrected chi connectivity index (χ2v) is 5.89. The lowest BCUT2D eigenvalue weighted by Gasteiger charge is -2.09. The van der Waals surface area contributed by atoms with Gasteiger partial charge in [0.2, 0.25) is 0 Å². The number of rotatable bonds is 8. The third kappa shape index (κ3) is 4.21. The van der Waals surface area contributed by atoms with Crippen molar-refractivity contribution >= 4 is 0 Å². The molecular formula is C17H27N3O. The van der Waals surface area contributed by atoms with Crippen LogP contribution in [0.5, 0.6) is 0 Å². The summed E-state index contributed by atoms with van der Waals surface area (Å²) in [4.78, 5) is 0. The highest BCUT2D eigenvalue weighted by atomic mass is 16.3. The van der Waals surface area contributed by atoms with Crippen LogP contribution in [0.25, 0.3) is 0 Å². The summed E-state index contributed by atoms with van der Waals surface area (Å²) in [6, 6.07) is 4.25. The van der Waals surface area contributed by atoms with Gasteiger partial charge in [-0.3, -0.25) is 4.68 Å². The van der Waals surface area contributed by atoms with Gasteiger partial charge in [0.05, 0.1) is 18.5 Å². The number of nitrogens with zero attached hydrogens (tertiary/aromatic N) is 2. The first kappa shape index (κ1) is 15.8. The van der Waals surface area contributed by atoms with Gasteiger partial charge in [-0.15, -0.1) is 0 Å². The number of hydrogen-bond donors (Lipinski definition) is 1. The lowest BCUT2D eigenvalue weighted by atomic mass is 10.2. The van der Waals surface area contributed by atoms with E-state index in [9.17, 15) is 0 Å². The van der Waals surface area contributed by atoms with Crippen molar-refractivity contribution < 1.29 is 4.42 Å². The van der Waals surface area contributed by atoms with Crippen molar-refractivity contribution in [2.75, 3.05) is 6.54 Å². The van der Waals surface area contributed by atoms with Crippen LogP contribution in [-0.4, -0.2) is 16.3 Å². The van der Waals surface area contributed by atoms with E-state index in [1.807, 2.05) is 0 Å². The van der Waals surface area contributed by atoms with Crippen LogP contribution in [0, 0.1) is 5.92 Å². The van der Waals surface area contributed by atoms with Crippen molar-refractivity contribution in [3.63, 3.8) is 0 Å². The number of aryl methyl sites for hydroxylation is 2. The summed E-state index contributed by atoms with van der Waals surface area (Å²) in [6.45, 7) is 11.3. The van der Waals surface area contributed by atoms with Gasteiger partial charge in [0.25, 0.3) is 0 Å². The molecule has 0 radical (unpaired) electrons. The minimum Gasteiger partial charge on any atom is -0.467 e. The van der Waals surface area contributed by atoms with Gasteiger partial charge in [-0.25, -0.2) is 0 Å². The van der Waals surface area contributed by atoms with Crippen LogP contribution in [0.2, 0.25) is 0 Å². The molecule has 0 fully saturated rings. The molecule has 0 amide bonds. The zero-order valence-electron chi connectivity index (χ0n) is 13.6. The van der Waals surface area contributed by atoms with E-state index in [1.54, 1.807) is 6.26 Å². The highest BCUT2D eigenvalue weighted by Gasteiger charge is 2.11. The van der Waals surface area contributed by atoms with Gasteiger partial charge in [-0.1, -0.05) is 27.7 Å². The average Bonchev–Trinajstić information content (AvgIpc) is 3.06. The van der Waals surface area contributed by atoms with Crippen LogP contribution in [0.3, 0.4) is 0 Å². The summed E-state index contributed by atoms with van der Waals surface area (Å²) in [5.41, 5.74) is 3.65. The third-order valence-corrected chi connectivity index (χ3v) is 3.64. The lowest BCUT2D eigenvalue weighted by Crippen LogP contribution is -2.19. The molecule has 0 aliphatic carbocycles. The fourth-order valence-corrected chi connectivity index (χ4v) is 2.40. The Morgan fingerprint density at radius 3 is 2.76 bits per heavy atom. The molecule has 0 saturated heterocycles. The monoisotopic (exact) mass is 289 g/mol. The summed E-state index contributed by atoms with van der Waals surface area (Å²) in [6.07, 6.45) is 3.74. The Morgan fingerprint density at radius 2 is 2.10 bits per heavy atom. The van der Waals surface area contributed by atoms with E-state index in [2.05, 4.69) is 54.9 Å². The molecule has 0 aliphatic heterocycles. The number of nitrogens with one attached hydrogen (secondary N) is 1. The molecule has 0 aliphatic rings. The van der Waals surface area contributed by atoms with Crippen LogP contribution < -0.4 is 5.32 Å². The van der Waals surface area contributed by atoms with Gasteiger partial charge in [0.1, 0.15) is 5.76 Å². The minimum atomic E-state index is 0.658. The van der Waals surface area contributed by atoms with Crippen LogP contribution >= 0.6 is 0 Å². The SMILES string of the molecule is CCc1cc(CC)n(Cc2occc2CNCC(C)C)n1. The van der Waals surface area contributed by atoms with E-state index in [0.717, 1.165) is 43.9 Å². The van der Waals surface area contributed by atoms with Gasteiger partial charge < -0.3 is 9.73 Å². The number of furan rings is 1. The molecule has 0 atom stereocenters. The van der Waals surface area contributed by atoms with E-state index < -0.39 is 0 Å². The summed E-state index contributed by atoms with van der Waals surface area (Å²) >= 11 is 0. The van der Waals surface area contributed by atoms with Crippen molar-refractivity contribution in [3.05, 3.63) is 41.1 Å². The second-order valence-electron chi connectivity index (χ2n) is 5.89. The van der Waals surface area contributed by atoms with Crippen molar-refractivity contribution in [2.24, 2.45) is 5.92 Å². The number of aromatic nitrogens is 2. The zero-order valence-corrected chi connectivity index (χ0v) is 13.6. The molecule has 0 aromatic carbocycles. The molecule has 116 valence electrons. The first-order valence-electron chi connectivity index (χ1n) is 7.95. The van der Waals surface area contributed by atoms with Gasteiger partial charge in [0, 0.05) is 17.8 Å². The van der Waals surface area contributed by atoms with Gasteiger partial charge >= 0.3 is 0 Å². The molecule has 0 bridgehead atoms. The standard InChI is InChI=1S/C17H27N3O/c1-5-15-9-16(6-2)20(19-15)12-17-14(7-8-21-17)11-18-10-13(3)4/h7-9,13,18H,5-6,10-12H2,1-4H3. The predicted octanol–water partition coefficient (Wildman–Crippen LogP) is 3.39. The largest absolute Gasteiger partial charge is 0.467 e. The van der Waals surface area contributed by atoms with Crippen molar-refractivity contribution in [1.82, 2.24) is 15.1 Å². The molecule has 4 heteroatoms. The maximum atomic E-state index is 5.67. The maximum Gasteiger partial charge on any atom is 0.129 e. The van der Waals surface area contributed by atoms with Crippen molar-refractivity contribution in [3.8, 4) is 0 Å². The first-order chi connectivity index (χ1) is 10.1. The second kappa shape index (κ2) is 7.46. The van der Waals surface area contributed by atoms with Crippen molar-refractivity contribution in [2.45, 2.75) is 53.6 Å². The molecule has 21 heavy (non-hydrogen) atoms. The Morgan fingerprint density at radius 1 is 1.29 bits per heavy atom. The minimum absolute atomic E-state index is 0.658. The molecule has 2 rings (SSSR count). The molecular weight excluding hydrogens is 262 g/mol. The molecule has 4 nitrogen and oxygen atoms in total. The molecule has 2 aromatic rings. The number of hydrogen-bond acceptors (Lipinski definition) is 3. The lowest BCUT2D eigenvalue weighted by molar-refractivity contribution is 0.463. The van der Waals surface area contributed by atoms with Gasteiger partial charge in [-0.05, 0) is 37.4 Å². The average molecular weight is 289 g/mol. The topological polar surface area (TPSA) is 43.0 Å². The zero-order chi connectivity index (χ0) is 15.2. The molecule has 0 spiro atoms. The fourth-order valence-electron chi connectivity index (χ4n) is 2.40. The maximum absolute atomic E-state index is 5.67. The summed E-state index contributed by atoms with van der Waals surface area (Å²) in [5.74, 6) is 1.66. The first-order valence-corrected chi connectivity index (χ1v) is 7.95. The molecule has 2 aromatic heterocycles. The van der Waals surface area contributed by atoms with Gasteiger partial charge in [0.15, 0.2) is 0 Å². The van der Waals surface area contributed by atoms with Crippen LogP contribution in [0.1, 0.15) is 50.4 Å². The van der Waals surface area contributed by atoms with E-state index in [-0.39, 0.29) is 0 Å². The van der Waals surface area contributed by atoms with Crippen LogP contribution in [0.15, 0.2) is 22.8 Å². The summed E-state index contributed by atoms with van der Waals surface area (Å²) in [5, 5.41) is 8.13. The molecule has 1 N–H and O–H groups in total. The van der Waals surface area contributed by atoms with Crippen molar-refractivity contribution in [1.29, 1.82) is 0 Å². The normalized spacial score (nSPS) is 11.5. The van der Waals surface area contributed by atoms with E-state index in [4.69, 9.17) is 4.42 Å². The highest BCUT2D eigenvalue weighted by molar-refractivity contribution is 5.19. The van der Waals surface area contributed by atoms with E-state index in [1.165, 1.54) is 11.3 Å². The molecule has 0 unspecified atom stereocenters. The van der Waals surface area contributed by atoms with E-state index in [0.29, 0.717) is 5.92 Å². The Bertz CT molecular complexity index is 554. The fraction of sp³-hybridized carbons (Fsp3) is 0.588. The van der Waals surface area contributed by atoms with Gasteiger partial charge in [-0.2, -0.15) is 5.10 Å². The highest BCUT2D eigenvalue weighted by Crippen LogP contribution is 2.15. The summed E-state index contributed by atoms with van der Waals surface area (Å²) in [7, 11) is 0. The van der Waals surface area contributed by atoms with E-state index >= 15 is 0 Å². The third-order valence-electron chi connectivity index (χ3n) is 3.64. The van der Waals surface area contributed by atoms with Crippen LogP contribution in [-0.2, 0) is 25.9 Å². The molecule has 2 heterocycles. The quantitative estimate of drug-likeness (QED) is 0.810. The Balaban J connectivity index is 2.06. The van der Waals surface area contributed by atoms with Crippen LogP contribution in [0.4, 0.5) is 0 Å². The Hall–Kier alpha value is -1.55. The smallest absolute Gasteiger partial charge is 0.129 e. The Kier molecular flexibility index (Phi) is 5.62.